The summed E-state index contributed by atoms with van der Waals surface area (Å²) in [6.45, 7) is 4.41. The molecule has 1 N–H and O–H groups in total. The van der Waals surface area contributed by atoms with E-state index < -0.39 is 4.92 Å². The Morgan fingerprint density at radius 1 is 1.47 bits per heavy atom. The molecule has 0 spiro atoms. The maximum Gasteiger partial charge on any atom is 0.312 e. The Morgan fingerprint density at radius 3 is 2.82 bits per heavy atom. The van der Waals surface area contributed by atoms with Gasteiger partial charge in [0, 0.05) is 24.8 Å². The van der Waals surface area contributed by atoms with Gasteiger partial charge in [-0.25, -0.2) is 9.99 Å². The molecule has 0 unspecified atom stereocenters. The van der Waals surface area contributed by atoms with E-state index in [9.17, 15) is 10.1 Å². The van der Waals surface area contributed by atoms with Crippen LogP contribution in [0.15, 0.2) is 12.1 Å². The average Bonchev–Trinajstić information content (AvgIpc) is 2.30. The summed E-state index contributed by atoms with van der Waals surface area (Å²) in [5.74, 6) is 0.289. The molecule has 2 rings (SSSR count). The van der Waals surface area contributed by atoms with Crippen LogP contribution >= 0.6 is 0 Å². The van der Waals surface area contributed by atoms with E-state index in [2.05, 4.69) is 10.4 Å². The highest BCUT2D eigenvalue weighted by Crippen LogP contribution is 2.22. The van der Waals surface area contributed by atoms with Crippen LogP contribution in [0.25, 0.3) is 0 Å². The fraction of sp³-hybridized carbons (Fsp3) is 0.500. The van der Waals surface area contributed by atoms with E-state index >= 15 is 0 Å². The lowest BCUT2D eigenvalue weighted by atomic mass is 10.3. The lowest BCUT2D eigenvalue weighted by Gasteiger charge is -2.27. The summed E-state index contributed by atoms with van der Waals surface area (Å²) in [4.78, 5) is 14.6. The van der Waals surface area contributed by atoms with Gasteiger partial charge in [-0.3, -0.25) is 15.5 Å². The summed E-state index contributed by atoms with van der Waals surface area (Å²) >= 11 is 0. The molecule has 0 aromatic carbocycles. The van der Waals surface area contributed by atoms with E-state index in [1.54, 1.807) is 13.0 Å². The topological polar surface area (TPSA) is 80.5 Å². The third kappa shape index (κ3) is 2.89. The minimum atomic E-state index is -0.435. The van der Waals surface area contributed by atoms with Crippen LogP contribution in [0.5, 0.6) is 0 Å². The second-order valence-corrected chi connectivity index (χ2v) is 3.79. The predicted octanol–water partition coefficient (Wildman–Crippen LogP) is 0.957. The number of ether oxygens (including phenoxy) is 1. The van der Waals surface area contributed by atoms with E-state index in [0.717, 1.165) is 5.69 Å². The van der Waals surface area contributed by atoms with Crippen molar-refractivity contribution in [1.29, 1.82) is 0 Å². The molecule has 92 valence electrons. The fourth-order valence-electron chi connectivity index (χ4n) is 1.60. The van der Waals surface area contributed by atoms with E-state index in [1.165, 1.54) is 6.07 Å². The monoisotopic (exact) mass is 238 g/mol. The molecule has 1 aromatic heterocycles. The molecule has 0 bridgehead atoms. The summed E-state index contributed by atoms with van der Waals surface area (Å²) in [5.41, 5.74) is 3.70. The highest BCUT2D eigenvalue weighted by Gasteiger charge is 2.18. The number of morpholine rings is 1. The van der Waals surface area contributed by atoms with Gasteiger partial charge in [-0.1, -0.05) is 0 Å². The molecular formula is C10H14N4O3. The molecule has 0 amide bonds. The van der Waals surface area contributed by atoms with Crippen molar-refractivity contribution in [3.63, 3.8) is 0 Å². The van der Waals surface area contributed by atoms with Gasteiger partial charge in [0.2, 0.25) is 5.82 Å². The van der Waals surface area contributed by atoms with Gasteiger partial charge in [0.25, 0.3) is 0 Å². The molecule has 1 aliphatic heterocycles. The summed E-state index contributed by atoms with van der Waals surface area (Å²) < 4.78 is 5.20. The number of hydrogen-bond donors (Lipinski definition) is 1. The molecule has 1 aromatic rings. The Labute approximate surface area is 98.5 Å². The molecule has 1 fully saturated rings. The zero-order valence-corrected chi connectivity index (χ0v) is 9.55. The second kappa shape index (κ2) is 5.07. The summed E-state index contributed by atoms with van der Waals surface area (Å²) in [6.07, 6.45) is 0. The standard InChI is InChI=1S/C10H14N4O3/c1-8-2-3-9(14(15)16)10(11-8)12-13-4-6-17-7-5-13/h2-3H,4-7H2,1H3,(H,11,12). The quantitative estimate of drug-likeness (QED) is 0.624. The number of hydrogen-bond acceptors (Lipinski definition) is 6. The van der Waals surface area contributed by atoms with Crippen molar-refractivity contribution in [1.82, 2.24) is 9.99 Å². The van der Waals surface area contributed by atoms with Gasteiger partial charge in [0.1, 0.15) is 0 Å². The van der Waals surface area contributed by atoms with Crippen LogP contribution in [-0.4, -0.2) is 41.2 Å². The normalized spacial score (nSPS) is 16.8. The van der Waals surface area contributed by atoms with Crippen LogP contribution in [0.1, 0.15) is 5.69 Å². The van der Waals surface area contributed by atoms with Crippen molar-refractivity contribution < 1.29 is 9.66 Å². The average molecular weight is 238 g/mol. The number of anilines is 1. The molecule has 0 saturated carbocycles. The first kappa shape index (κ1) is 11.7. The minimum absolute atomic E-state index is 0.0120. The first-order valence-electron chi connectivity index (χ1n) is 5.38. The van der Waals surface area contributed by atoms with E-state index in [0.29, 0.717) is 26.3 Å². The fourth-order valence-corrected chi connectivity index (χ4v) is 1.60. The van der Waals surface area contributed by atoms with Gasteiger partial charge >= 0.3 is 5.69 Å². The third-order valence-corrected chi connectivity index (χ3v) is 2.48. The molecule has 0 atom stereocenters. The number of hydrazine groups is 1. The largest absolute Gasteiger partial charge is 0.379 e. The second-order valence-electron chi connectivity index (χ2n) is 3.79. The molecule has 1 saturated heterocycles. The van der Waals surface area contributed by atoms with Gasteiger partial charge in [-0.05, 0) is 13.0 Å². The van der Waals surface area contributed by atoms with Crippen molar-refractivity contribution in [2.24, 2.45) is 0 Å². The van der Waals surface area contributed by atoms with Crippen LogP contribution < -0.4 is 5.43 Å². The van der Waals surface area contributed by atoms with E-state index in [-0.39, 0.29) is 11.5 Å². The minimum Gasteiger partial charge on any atom is -0.379 e. The van der Waals surface area contributed by atoms with Gasteiger partial charge in [-0.15, -0.1) is 0 Å². The molecule has 17 heavy (non-hydrogen) atoms. The molecule has 0 radical (unpaired) electrons. The Hall–Kier alpha value is -1.73. The van der Waals surface area contributed by atoms with Gasteiger partial charge in [0.05, 0.1) is 18.1 Å². The Bertz CT molecular complexity index is 418. The molecule has 7 nitrogen and oxygen atoms in total. The molecule has 7 heteroatoms. The first-order valence-corrected chi connectivity index (χ1v) is 5.38. The van der Waals surface area contributed by atoms with E-state index in [1.807, 2.05) is 5.01 Å². The lowest BCUT2D eigenvalue weighted by molar-refractivity contribution is -0.384. The predicted molar refractivity (Wildman–Crippen MR) is 61.6 cm³/mol. The number of nitro groups is 1. The number of aromatic nitrogens is 1. The number of rotatable bonds is 3. The zero-order chi connectivity index (χ0) is 12.3. The maximum absolute atomic E-state index is 10.9. The Kier molecular flexibility index (Phi) is 3.50. The summed E-state index contributed by atoms with van der Waals surface area (Å²) in [7, 11) is 0. The van der Waals surface area contributed by atoms with Crippen LogP contribution in [0.2, 0.25) is 0 Å². The van der Waals surface area contributed by atoms with Crippen molar-refractivity contribution in [2.45, 2.75) is 6.92 Å². The Balaban J connectivity index is 2.17. The number of pyridine rings is 1. The first-order chi connectivity index (χ1) is 8.16. The van der Waals surface area contributed by atoms with E-state index in [4.69, 9.17) is 4.74 Å². The molecule has 1 aliphatic rings. The highest BCUT2D eigenvalue weighted by atomic mass is 16.6. The van der Waals surface area contributed by atoms with Crippen LogP contribution in [0, 0.1) is 17.0 Å². The number of nitrogens with zero attached hydrogens (tertiary/aromatic N) is 3. The van der Waals surface area contributed by atoms with Crippen molar-refractivity contribution in [2.75, 3.05) is 31.7 Å². The smallest absolute Gasteiger partial charge is 0.312 e. The number of nitrogens with one attached hydrogen (secondary N) is 1. The highest BCUT2D eigenvalue weighted by molar-refractivity contribution is 5.55. The van der Waals surface area contributed by atoms with Gasteiger partial charge in [-0.2, -0.15) is 0 Å². The zero-order valence-electron chi connectivity index (χ0n) is 9.55. The summed E-state index contributed by atoms with van der Waals surface area (Å²) in [6, 6.07) is 3.09. The van der Waals surface area contributed by atoms with Crippen LogP contribution in [0.3, 0.4) is 0 Å². The van der Waals surface area contributed by atoms with Gasteiger partial charge < -0.3 is 4.74 Å². The van der Waals surface area contributed by atoms with Crippen molar-refractivity contribution in [3.8, 4) is 0 Å². The molecular weight excluding hydrogens is 224 g/mol. The molecule has 2 heterocycles. The Morgan fingerprint density at radius 2 is 2.18 bits per heavy atom. The van der Waals surface area contributed by atoms with Crippen molar-refractivity contribution >= 4 is 11.5 Å². The third-order valence-electron chi connectivity index (χ3n) is 2.48. The van der Waals surface area contributed by atoms with Crippen LogP contribution in [0.4, 0.5) is 11.5 Å². The summed E-state index contributed by atoms with van der Waals surface area (Å²) in [5, 5.41) is 12.7. The number of aryl methyl sites for hydroxylation is 1. The van der Waals surface area contributed by atoms with Gasteiger partial charge in [0.15, 0.2) is 0 Å². The van der Waals surface area contributed by atoms with Crippen LogP contribution in [-0.2, 0) is 4.74 Å². The lowest BCUT2D eigenvalue weighted by Crippen LogP contribution is -2.40. The maximum atomic E-state index is 10.9. The molecule has 0 aliphatic carbocycles. The van der Waals surface area contributed by atoms with Crippen molar-refractivity contribution in [3.05, 3.63) is 27.9 Å². The SMILES string of the molecule is Cc1ccc([N+](=O)[O-])c(NN2CCOCC2)n1.